The van der Waals surface area contributed by atoms with E-state index in [2.05, 4.69) is 43.0 Å². The average Bonchev–Trinajstić information content (AvgIpc) is 2.93. The van der Waals surface area contributed by atoms with Gasteiger partial charge in [0.25, 0.3) is 0 Å². The highest BCUT2D eigenvalue weighted by atomic mass is 32.2. The SMILES string of the molecule is CC1OCCC1SCC1CSc2ccccc21. The molecule has 2 aliphatic heterocycles. The molecule has 0 saturated carbocycles. The molecule has 3 heteroatoms. The molecule has 2 aliphatic rings. The van der Waals surface area contributed by atoms with E-state index in [9.17, 15) is 0 Å². The fourth-order valence-corrected chi connectivity index (χ4v) is 5.33. The van der Waals surface area contributed by atoms with Crippen LogP contribution >= 0.6 is 23.5 Å². The minimum atomic E-state index is 0.448. The standard InChI is InChI=1S/C14H18OS2/c1-10-13(6-7-15-10)16-8-11-9-17-14-5-3-2-4-12(11)14/h2-5,10-11,13H,6-9H2,1H3. The zero-order chi connectivity index (χ0) is 11.7. The van der Waals surface area contributed by atoms with Crippen molar-refractivity contribution in [2.24, 2.45) is 0 Å². The summed E-state index contributed by atoms with van der Waals surface area (Å²) in [5.74, 6) is 3.26. The van der Waals surface area contributed by atoms with Crippen LogP contribution in [0.15, 0.2) is 29.2 Å². The molecule has 3 atom stereocenters. The second kappa shape index (κ2) is 5.25. The topological polar surface area (TPSA) is 9.23 Å². The molecule has 0 spiro atoms. The molecule has 17 heavy (non-hydrogen) atoms. The maximum Gasteiger partial charge on any atom is 0.0666 e. The highest BCUT2D eigenvalue weighted by Crippen LogP contribution is 2.42. The lowest BCUT2D eigenvalue weighted by Gasteiger charge is -2.16. The van der Waals surface area contributed by atoms with E-state index in [4.69, 9.17) is 4.74 Å². The first-order chi connectivity index (χ1) is 8.34. The molecule has 2 heterocycles. The average molecular weight is 266 g/mol. The van der Waals surface area contributed by atoms with E-state index in [1.807, 2.05) is 11.8 Å². The van der Waals surface area contributed by atoms with Crippen LogP contribution in [0.4, 0.5) is 0 Å². The highest BCUT2D eigenvalue weighted by Gasteiger charge is 2.28. The fraction of sp³-hybridized carbons (Fsp3) is 0.571. The Morgan fingerprint density at radius 3 is 3.12 bits per heavy atom. The first kappa shape index (κ1) is 11.9. The molecule has 3 rings (SSSR count). The summed E-state index contributed by atoms with van der Waals surface area (Å²) in [6.45, 7) is 3.16. The normalized spacial score (nSPS) is 31.7. The molecule has 3 unspecified atom stereocenters. The third kappa shape index (κ3) is 2.51. The van der Waals surface area contributed by atoms with Crippen LogP contribution < -0.4 is 0 Å². The van der Waals surface area contributed by atoms with Gasteiger partial charge >= 0.3 is 0 Å². The number of rotatable bonds is 3. The summed E-state index contributed by atoms with van der Waals surface area (Å²) >= 11 is 4.13. The molecule has 92 valence electrons. The van der Waals surface area contributed by atoms with Gasteiger partial charge in [-0.25, -0.2) is 0 Å². The molecule has 1 nitrogen and oxygen atoms in total. The number of fused-ring (bicyclic) bond motifs is 1. The molecule has 1 aromatic carbocycles. The Hall–Kier alpha value is -0.120. The highest BCUT2D eigenvalue weighted by molar-refractivity contribution is 8.00. The zero-order valence-corrected chi connectivity index (χ0v) is 11.7. The van der Waals surface area contributed by atoms with Crippen LogP contribution in [0, 0.1) is 0 Å². The van der Waals surface area contributed by atoms with Crippen LogP contribution in [0.1, 0.15) is 24.8 Å². The quantitative estimate of drug-likeness (QED) is 0.824. The fourth-order valence-electron chi connectivity index (χ4n) is 2.54. The Kier molecular flexibility index (Phi) is 3.69. The monoisotopic (exact) mass is 266 g/mol. The molecule has 0 N–H and O–H groups in total. The summed E-state index contributed by atoms with van der Waals surface area (Å²) in [6, 6.07) is 8.87. The van der Waals surface area contributed by atoms with Gasteiger partial charge < -0.3 is 4.74 Å². The minimum Gasteiger partial charge on any atom is -0.377 e. The number of benzene rings is 1. The first-order valence-electron chi connectivity index (χ1n) is 6.29. The van der Waals surface area contributed by atoms with E-state index in [1.54, 1.807) is 5.56 Å². The van der Waals surface area contributed by atoms with E-state index in [0.717, 1.165) is 12.5 Å². The summed E-state index contributed by atoms with van der Waals surface area (Å²) < 4.78 is 5.62. The lowest BCUT2D eigenvalue weighted by atomic mass is 10.0. The van der Waals surface area contributed by atoms with Crippen molar-refractivity contribution >= 4 is 23.5 Å². The Morgan fingerprint density at radius 1 is 1.41 bits per heavy atom. The van der Waals surface area contributed by atoms with E-state index in [1.165, 1.54) is 22.8 Å². The summed E-state index contributed by atoms with van der Waals surface area (Å²) in [7, 11) is 0. The van der Waals surface area contributed by atoms with Crippen molar-refractivity contribution in [2.45, 2.75) is 35.5 Å². The van der Waals surface area contributed by atoms with Crippen LogP contribution in [-0.2, 0) is 4.74 Å². The van der Waals surface area contributed by atoms with Gasteiger partial charge in [-0.2, -0.15) is 11.8 Å². The third-order valence-corrected chi connectivity index (χ3v) is 6.51. The molecule has 0 aliphatic carbocycles. The molecule has 0 radical (unpaired) electrons. The molecular weight excluding hydrogens is 248 g/mol. The predicted octanol–water partition coefficient (Wildman–Crippen LogP) is 3.79. The van der Waals surface area contributed by atoms with Crippen molar-refractivity contribution in [1.82, 2.24) is 0 Å². The van der Waals surface area contributed by atoms with Crippen LogP contribution in [0.2, 0.25) is 0 Å². The van der Waals surface area contributed by atoms with Crippen molar-refractivity contribution in [3.63, 3.8) is 0 Å². The maximum atomic E-state index is 5.62. The summed E-state index contributed by atoms with van der Waals surface area (Å²) in [6.07, 6.45) is 1.68. The van der Waals surface area contributed by atoms with Gasteiger partial charge in [0.05, 0.1) is 6.10 Å². The van der Waals surface area contributed by atoms with Gasteiger partial charge in [0.1, 0.15) is 0 Å². The van der Waals surface area contributed by atoms with Crippen LogP contribution in [0.25, 0.3) is 0 Å². The molecule has 0 aromatic heterocycles. The van der Waals surface area contributed by atoms with Gasteiger partial charge in [-0.1, -0.05) is 18.2 Å². The number of hydrogen-bond acceptors (Lipinski definition) is 3. The minimum absolute atomic E-state index is 0.448. The van der Waals surface area contributed by atoms with Crippen molar-refractivity contribution in [3.8, 4) is 0 Å². The second-order valence-corrected chi connectivity index (χ2v) is 7.12. The van der Waals surface area contributed by atoms with E-state index in [0.29, 0.717) is 11.4 Å². The summed E-state index contributed by atoms with van der Waals surface area (Å²) in [5, 5.41) is 0.716. The van der Waals surface area contributed by atoms with E-state index < -0.39 is 0 Å². The third-order valence-electron chi connectivity index (χ3n) is 3.62. The van der Waals surface area contributed by atoms with Gasteiger partial charge in [-0.15, -0.1) is 11.8 Å². The lowest BCUT2D eigenvalue weighted by Crippen LogP contribution is -2.15. The molecule has 1 aromatic rings. The van der Waals surface area contributed by atoms with Crippen LogP contribution in [0.5, 0.6) is 0 Å². The van der Waals surface area contributed by atoms with E-state index in [-0.39, 0.29) is 0 Å². The second-order valence-electron chi connectivity index (χ2n) is 4.78. The van der Waals surface area contributed by atoms with Crippen molar-refractivity contribution < 1.29 is 4.74 Å². The van der Waals surface area contributed by atoms with Gasteiger partial charge in [-0.05, 0) is 25.0 Å². The van der Waals surface area contributed by atoms with Gasteiger partial charge in [0.2, 0.25) is 0 Å². The number of thioether (sulfide) groups is 2. The van der Waals surface area contributed by atoms with Gasteiger partial charge in [-0.3, -0.25) is 0 Å². The Bertz CT molecular complexity index is 394. The summed E-state index contributed by atoms with van der Waals surface area (Å²) in [4.78, 5) is 1.49. The zero-order valence-electron chi connectivity index (χ0n) is 10.1. The summed E-state index contributed by atoms with van der Waals surface area (Å²) in [5.41, 5.74) is 1.57. The van der Waals surface area contributed by atoms with Crippen LogP contribution in [-0.4, -0.2) is 29.5 Å². The Morgan fingerprint density at radius 2 is 2.29 bits per heavy atom. The number of ether oxygens (including phenoxy) is 1. The smallest absolute Gasteiger partial charge is 0.0666 e. The van der Waals surface area contributed by atoms with Crippen LogP contribution in [0.3, 0.4) is 0 Å². The molecule has 0 amide bonds. The van der Waals surface area contributed by atoms with Gasteiger partial charge in [0.15, 0.2) is 0 Å². The molecule has 1 saturated heterocycles. The van der Waals surface area contributed by atoms with Crippen molar-refractivity contribution in [1.29, 1.82) is 0 Å². The lowest BCUT2D eigenvalue weighted by molar-refractivity contribution is 0.127. The van der Waals surface area contributed by atoms with Gasteiger partial charge in [0, 0.05) is 34.2 Å². The molecular formula is C14H18OS2. The maximum absolute atomic E-state index is 5.62. The van der Waals surface area contributed by atoms with Crippen molar-refractivity contribution in [3.05, 3.63) is 29.8 Å². The van der Waals surface area contributed by atoms with Crippen molar-refractivity contribution in [2.75, 3.05) is 18.1 Å². The largest absolute Gasteiger partial charge is 0.377 e. The number of hydrogen-bond donors (Lipinski definition) is 0. The first-order valence-corrected chi connectivity index (χ1v) is 8.33. The molecule has 0 bridgehead atoms. The van der Waals surface area contributed by atoms with E-state index >= 15 is 0 Å². The molecule has 1 fully saturated rings. The Balaban J connectivity index is 1.60. The predicted molar refractivity (Wildman–Crippen MR) is 76.2 cm³/mol. The Labute approximate surface area is 112 Å².